The number of rotatable bonds is 6. The Balaban J connectivity index is 1.53. The second kappa shape index (κ2) is 9.84. The molecule has 0 saturated carbocycles. The van der Waals surface area contributed by atoms with Gasteiger partial charge in [-0.05, 0) is 92.6 Å². The first-order chi connectivity index (χ1) is 16.7. The quantitative estimate of drug-likeness (QED) is 0.469. The molecule has 3 amide bonds. The molecule has 7 nitrogen and oxygen atoms in total. The van der Waals surface area contributed by atoms with Gasteiger partial charge in [-0.2, -0.15) is 0 Å². The number of benzene rings is 2. The van der Waals surface area contributed by atoms with Crippen molar-refractivity contribution in [3.63, 3.8) is 0 Å². The fourth-order valence-corrected chi connectivity index (χ4v) is 5.06. The van der Waals surface area contributed by atoms with Crippen molar-refractivity contribution in [2.24, 2.45) is 0 Å². The first-order valence-electron chi connectivity index (χ1n) is 11.1. The smallest absolute Gasteiger partial charge is 0.294 e. The van der Waals surface area contributed by atoms with E-state index in [0.29, 0.717) is 16.3 Å². The van der Waals surface area contributed by atoms with Crippen molar-refractivity contribution in [3.8, 4) is 11.4 Å². The van der Waals surface area contributed by atoms with Crippen LogP contribution in [-0.4, -0.2) is 40.2 Å². The number of carbonyl (C=O) groups excluding carboxylic acids is 3. The van der Waals surface area contributed by atoms with E-state index in [0.717, 1.165) is 50.4 Å². The number of thioether (sulfide) groups is 1. The lowest BCUT2D eigenvalue weighted by atomic mass is 10.1. The molecule has 1 aromatic heterocycles. The molecular weight excluding hydrogens is 462 g/mol. The first kappa shape index (κ1) is 24.3. The number of aromatic nitrogens is 1. The molecule has 0 atom stereocenters. The van der Waals surface area contributed by atoms with Gasteiger partial charge in [-0.25, -0.2) is 0 Å². The molecule has 1 fully saturated rings. The average Bonchev–Trinajstić information content (AvgIpc) is 3.24. The maximum absolute atomic E-state index is 13.0. The topological polar surface area (TPSA) is 80.6 Å². The number of anilines is 1. The van der Waals surface area contributed by atoms with Crippen molar-refractivity contribution in [1.82, 2.24) is 9.47 Å². The van der Waals surface area contributed by atoms with E-state index in [1.54, 1.807) is 37.5 Å². The number of aryl methyl sites for hydroxylation is 3. The van der Waals surface area contributed by atoms with Crippen LogP contribution in [0.5, 0.6) is 5.75 Å². The van der Waals surface area contributed by atoms with Crippen LogP contribution in [-0.2, 0) is 9.59 Å². The van der Waals surface area contributed by atoms with Gasteiger partial charge in [-0.3, -0.25) is 19.3 Å². The van der Waals surface area contributed by atoms with E-state index in [-0.39, 0.29) is 6.54 Å². The van der Waals surface area contributed by atoms with Gasteiger partial charge in [0.05, 0.1) is 17.7 Å². The van der Waals surface area contributed by atoms with Crippen LogP contribution in [0.4, 0.5) is 10.5 Å². The molecular formula is C27H27N3O4S. The monoisotopic (exact) mass is 489 g/mol. The van der Waals surface area contributed by atoms with E-state index in [1.807, 2.05) is 26.0 Å². The van der Waals surface area contributed by atoms with Crippen LogP contribution >= 0.6 is 11.8 Å². The van der Waals surface area contributed by atoms with Crippen LogP contribution in [0, 0.1) is 27.7 Å². The number of hydrogen-bond donors (Lipinski definition) is 1. The van der Waals surface area contributed by atoms with Crippen molar-refractivity contribution in [2.45, 2.75) is 27.7 Å². The standard InChI is InChI=1S/C27H27N3O4S/c1-16-7-6-8-17(2)25(16)30-18(3)13-20(19(30)4)14-23-26(32)29(27(33)35-23)15-24(31)28-21-9-11-22(34-5)12-10-21/h6-14H,15H2,1-5H3,(H,28,31)/b23-14+. The number of nitrogens with one attached hydrogen (secondary N) is 1. The minimum atomic E-state index is -0.471. The maximum atomic E-state index is 13.0. The summed E-state index contributed by atoms with van der Waals surface area (Å²) in [5.74, 6) is -0.260. The number of imide groups is 1. The van der Waals surface area contributed by atoms with E-state index in [2.05, 4.69) is 35.9 Å². The van der Waals surface area contributed by atoms with E-state index in [1.165, 1.54) is 0 Å². The van der Waals surface area contributed by atoms with E-state index in [9.17, 15) is 14.4 Å². The molecule has 35 heavy (non-hydrogen) atoms. The Labute approximate surface area is 208 Å². The zero-order valence-corrected chi connectivity index (χ0v) is 21.2. The highest BCUT2D eigenvalue weighted by atomic mass is 32.2. The van der Waals surface area contributed by atoms with Crippen molar-refractivity contribution < 1.29 is 19.1 Å². The molecule has 1 aliphatic heterocycles. The summed E-state index contributed by atoms with van der Waals surface area (Å²) in [5.41, 5.74) is 6.84. The van der Waals surface area contributed by atoms with Crippen LogP contribution < -0.4 is 10.1 Å². The third-order valence-corrected chi connectivity index (χ3v) is 6.88. The second-order valence-electron chi connectivity index (χ2n) is 8.45. The Morgan fingerprint density at radius 3 is 2.31 bits per heavy atom. The number of methoxy groups -OCH3 is 1. The molecule has 0 unspecified atom stereocenters. The van der Waals surface area contributed by atoms with Gasteiger partial charge >= 0.3 is 0 Å². The number of para-hydroxylation sites is 1. The molecule has 1 N–H and O–H groups in total. The van der Waals surface area contributed by atoms with Crippen LogP contribution in [0.25, 0.3) is 11.8 Å². The molecule has 3 aromatic rings. The maximum Gasteiger partial charge on any atom is 0.294 e. The van der Waals surface area contributed by atoms with Gasteiger partial charge in [0.2, 0.25) is 5.91 Å². The van der Waals surface area contributed by atoms with Gasteiger partial charge in [0.15, 0.2) is 0 Å². The van der Waals surface area contributed by atoms with Gasteiger partial charge in [-0.15, -0.1) is 0 Å². The lowest BCUT2D eigenvalue weighted by Crippen LogP contribution is -2.36. The van der Waals surface area contributed by atoms with E-state index >= 15 is 0 Å². The highest BCUT2D eigenvalue weighted by Crippen LogP contribution is 2.34. The lowest BCUT2D eigenvalue weighted by Gasteiger charge is -2.15. The Kier molecular flexibility index (Phi) is 6.84. The number of nitrogens with zero attached hydrogens (tertiary/aromatic N) is 2. The predicted molar refractivity (Wildman–Crippen MR) is 139 cm³/mol. The van der Waals surface area contributed by atoms with Crippen molar-refractivity contribution >= 4 is 40.6 Å². The zero-order chi connectivity index (χ0) is 25.3. The van der Waals surface area contributed by atoms with Gasteiger partial charge in [0, 0.05) is 17.1 Å². The molecule has 1 aliphatic rings. The van der Waals surface area contributed by atoms with Gasteiger partial charge < -0.3 is 14.6 Å². The lowest BCUT2D eigenvalue weighted by molar-refractivity contribution is -0.127. The van der Waals surface area contributed by atoms with E-state index < -0.39 is 17.1 Å². The second-order valence-corrected chi connectivity index (χ2v) is 9.44. The van der Waals surface area contributed by atoms with Crippen molar-refractivity contribution in [1.29, 1.82) is 0 Å². The predicted octanol–water partition coefficient (Wildman–Crippen LogP) is 5.39. The van der Waals surface area contributed by atoms with Crippen molar-refractivity contribution in [2.75, 3.05) is 19.0 Å². The molecule has 0 bridgehead atoms. The highest BCUT2D eigenvalue weighted by molar-refractivity contribution is 8.18. The minimum Gasteiger partial charge on any atom is -0.497 e. The summed E-state index contributed by atoms with van der Waals surface area (Å²) in [7, 11) is 1.56. The average molecular weight is 490 g/mol. The molecule has 180 valence electrons. The van der Waals surface area contributed by atoms with Gasteiger partial charge in [0.1, 0.15) is 12.3 Å². The molecule has 2 aromatic carbocycles. The molecule has 2 heterocycles. The number of amides is 3. The third-order valence-electron chi connectivity index (χ3n) is 5.97. The molecule has 0 spiro atoms. The van der Waals surface area contributed by atoms with Crippen LogP contribution in [0.15, 0.2) is 53.4 Å². The fraction of sp³-hybridized carbons (Fsp3) is 0.222. The minimum absolute atomic E-state index is 0.300. The Morgan fingerprint density at radius 2 is 1.69 bits per heavy atom. The zero-order valence-electron chi connectivity index (χ0n) is 20.3. The highest BCUT2D eigenvalue weighted by Gasteiger charge is 2.36. The molecule has 4 rings (SSSR count). The summed E-state index contributed by atoms with van der Waals surface area (Å²) in [6.45, 7) is 7.81. The Morgan fingerprint density at radius 1 is 1.03 bits per heavy atom. The molecule has 1 saturated heterocycles. The largest absolute Gasteiger partial charge is 0.497 e. The SMILES string of the molecule is COc1ccc(NC(=O)CN2C(=O)S/C(=C/c3cc(C)n(-c4c(C)cccc4C)c3C)C2=O)cc1. The van der Waals surface area contributed by atoms with Crippen LogP contribution in [0.3, 0.4) is 0 Å². The van der Waals surface area contributed by atoms with Crippen LogP contribution in [0.1, 0.15) is 28.1 Å². The fourth-order valence-electron chi connectivity index (χ4n) is 4.23. The summed E-state index contributed by atoms with van der Waals surface area (Å²) in [4.78, 5) is 39.3. The van der Waals surface area contributed by atoms with Crippen LogP contribution in [0.2, 0.25) is 0 Å². The molecule has 0 aliphatic carbocycles. The summed E-state index contributed by atoms with van der Waals surface area (Å²) < 4.78 is 7.27. The Bertz CT molecular complexity index is 1340. The van der Waals surface area contributed by atoms with Crippen molar-refractivity contribution in [3.05, 3.63) is 81.5 Å². The van der Waals surface area contributed by atoms with E-state index in [4.69, 9.17) is 4.74 Å². The summed E-state index contributed by atoms with van der Waals surface area (Å²) in [6.07, 6.45) is 1.73. The summed E-state index contributed by atoms with van der Waals surface area (Å²) in [6, 6.07) is 15.0. The first-order valence-corrected chi connectivity index (χ1v) is 12.0. The summed E-state index contributed by atoms with van der Waals surface area (Å²) >= 11 is 0.849. The Hall–Kier alpha value is -3.78. The third kappa shape index (κ3) is 4.88. The number of carbonyl (C=O) groups is 3. The molecule has 8 heteroatoms. The number of ether oxygens (including phenoxy) is 1. The molecule has 0 radical (unpaired) electrons. The van der Waals surface area contributed by atoms with Gasteiger partial charge in [0.25, 0.3) is 11.1 Å². The normalized spacial score (nSPS) is 14.7. The number of hydrogen-bond acceptors (Lipinski definition) is 5. The summed E-state index contributed by atoms with van der Waals surface area (Å²) in [5, 5.41) is 2.24. The van der Waals surface area contributed by atoms with Gasteiger partial charge in [-0.1, -0.05) is 18.2 Å².